The molecule has 1 atom stereocenters. The summed E-state index contributed by atoms with van der Waals surface area (Å²) in [5.74, 6) is 1.96. The minimum absolute atomic E-state index is 0.0324. The van der Waals surface area contributed by atoms with E-state index in [0.29, 0.717) is 5.78 Å². The highest BCUT2D eigenvalue weighted by molar-refractivity contribution is 5.80. The fourth-order valence-electron chi connectivity index (χ4n) is 3.91. The Hall–Kier alpha value is -2.18. The van der Waals surface area contributed by atoms with Crippen LogP contribution in [0.2, 0.25) is 0 Å². The second kappa shape index (κ2) is 6.03. The summed E-state index contributed by atoms with van der Waals surface area (Å²) in [5, 5.41) is 7.45. The number of hydrogen-bond donors (Lipinski definition) is 1. The Morgan fingerprint density at radius 3 is 3.04 bits per heavy atom. The molecule has 1 N–H and O–H groups in total. The standard InChI is InChI=1S/C17H24N6O/c1-11(2)20-15(24)12-5-4-8-22(9-12)16-13-6-3-7-14(13)21-17-18-10-19-23(16)17/h10-12H,3-9H2,1-2H3,(H,20,24)/t12-/m1/s1. The molecule has 3 heterocycles. The van der Waals surface area contributed by atoms with E-state index < -0.39 is 0 Å². The highest BCUT2D eigenvalue weighted by Gasteiger charge is 2.31. The Balaban J connectivity index is 1.67. The molecule has 128 valence electrons. The number of hydrogen-bond acceptors (Lipinski definition) is 5. The number of carbonyl (C=O) groups excluding carboxylic acids is 1. The van der Waals surface area contributed by atoms with Gasteiger partial charge in [0.05, 0.1) is 11.6 Å². The summed E-state index contributed by atoms with van der Waals surface area (Å²) >= 11 is 0. The molecule has 7 nitrogen and oxygen atoms in total. The number of nitrogens with zero attached hydrogens (tertiary/aromatic N) is 5. The highest BCUT2D eigenvalue weighted by atomic mass is 16.2. The molecule has 1 fully saturated rings. The number of rotatable bonds is 3. The Kier molecular flexibility index (Phi) is 3.86. The van der Waals surface area contributed by atoms with Gasteiger partial charge in [-0.1, -0.05) is 0 Å². The van der Waals surface area contributed by atoms with E-state index in [4.69, 9.17) is 0 Å². The number of amides is 1. The molecular formula is C17H24N6O. The minimum atomic E-state index is 0.0324. The number of aromatic nitrogens is 4. The second-order valence-electron chi connectivity index (χ2n) is 7.13. The van der Waals surface area contributed by atoms with E-state index in [9.17, 15) is 4.79 Å². The molecule has 0 unspecified atom stereocenters. The van der Waals surface area contributed by atoms with Gasteiger partial charge in [-0.2, -0.15) is 14.6 Å². The maximum Gasteiger partial charge on any atom is 0.254 e. The molecule has 1 amide bonds. The molecule has 24 heavy (non-hydrogen) atoms. The van der Waals surface area contributed by atoms with Gasteiger partial charge in [-0.15, -0.1) is 0 Å². The predicted octanol–water partition coefficient (Wildman–Crippen LogP) is 1.35. The van der Waals surface area contributed by atoms with E-state index in [2.05, 4.69) is 25.3 Å². The molecule has 0 saturated carbocycles. The Morgan fingerprint density at radius 2 is 2.21 bits per heavy atom. The van der Waals surface area contributed by atoms with Crippen LogP contribution in [-0.2, 0) is 17.6 Å². The van der Waals surface area contributed by atoms with Crippen LogP contribution in [0.3, 0.4) is 0 Å². The maximum absolute atomic E-state index is 12.4. The molecule has 1 aliphatic heterocycles. The lowest BCUT2D eigenvalue weighted by molar-refractivity contribution is -0.125. The van der Waals surface area contributed by atoms with Gasteiger partial charge in [-0.05, 0) is 46.0 Å². The summed E-state index contributed by atoms with van der Waals surface area (Å²) in [6.07, 6.45) is 6.71. The van der Waals surface area contributed by atoms with Crippen molar-refractivity contribution in [2.45, 2.75) is 52.0 Å². The van der Waals surface area contributed by atoms with Crippen LogP contribution in [0.25, 0.3) is 5.78 Å². The molecule has 0 bridgehead atoms. The summed E-state index contributed by atoms with van der Waals surface area (Å²) in [6, 6.07) is 0.181. The van der Waals surface area contributed by atoms with Crippen molar-refractivity contribution in [1.29, 1.82) is 0 Å². The minimum Gasteiger partial charge on any atom is -0.355 e. The largest absolute Gasteiger partial charge is 0.355 e. The smallest absolute Gasteiger partial charge is 0.254 e. The molecule has 0 aromatic carbocycles. The first kappa shape index (κ1) is 15.4. The number of nitrogens with one attached hydrogen (secondary N) is 1. The molecule has 1 aliphatic carbocycles. The summed E-state index contributed by atoms with van der Waals surface area (Å²) in [7, 11) is 0. The third-order valence-electron chi connectivity index (χ3n) is 4.95. The van der Waals surface area contributed by atoms with E-state index in [1.165, 1.54) is 5.56 Å². The van der Waals surface area contributed by atoms with Crippen molar-refractivity contribution in [2.75, 3.05) is 18.0 Å². The zero-order valence-electron chi connectivity index (χ0n) is 14.3. The average Bonchev–Trinajstić information content (AvgIpc) is 3.20. The van der Waals surface area contributed by atoms with Gasteiger partial charge in [0.15, 0.2) is 0 Å². The predicted molar refractivity (Wildman–Crippen MR) is 91.0 cm³/mol. The molecule has 0 spiro atoms. The van der Waals surface area contributed by atoms with Crippen LogP contribution >= 0.6 is 0 Å². The molecule has 0 radical (unpaired) electrons. The van der Waals surface area contributed by atoms with Crippen LogP contribution < -0.4 is 10.2 Å². The molecular weight excluding hydrogens is 304 g/mol. The lowest BCUT2D eigenvalue weighted by Crippen LogP contribution is -2.45. The van der Waals surface area contributed by atoms with Gasteiger partial charge in [-0.3, -0.25) is 4.79 Å². The lowest BCUT2D eigenvalue weighted by Gasteiger charge is -2.34. The topological polar surface area (TPSA) is 75.4 Å². The van der Waals surface area contributed by atoms with Crippen molar-refractivity contribution in [3.8, 4) is 0 Å². The van der Waals surface area contributed by atoms with Crippen molar-refractivity contribution in [1.82, 2.24) is 24.9 Å². The third-order valence-corrected chi connectivity index (χ3v) is 4.95. The number of fused-ring (bicyclic) bond motifs is 2. The zero-order chi connectivity index (χ0) is 16.7. The molecule has 4 rings (SSSR count). The monoisotopic (exact) mass is 328 g/mol. The van der Waals surface area contributed by atoms with Crippen LogP contribution in [0.1, 0.15) is 44.4 Å². The van der Waals surface area contributed by atoms with Crippen LogP contribution in [0.15, 0.2) is 6.33 Å². The van der Waals surface area contributed by atoms with Crippen LogP contribution in [0.4, 0.5) is 5.82 Å². The highest BCUT2D eigenvalue weighted by Crippen LogP contribution is 2.32. The quantitative estimate of drug-likeness (QED) is 0.920. The number of aryl methyl sites for hydroxylation is 1. The molecule has 2 aromatic rings. The maximum atomic E-state index is 12.4. The molecule has 2 aromatic heterocycles. The Labute approximate surface area is 141 Å². The lowest BCUT2D eigenvalue weighted by atomic mass is 9.96. The van der Waals surface area contributed by atoms with Crippen molar-refractivity contribution < 1.29 is 4.79 Å². The normalized spacial score (nSPS) is 20.6. The van der Waals surface area contributed by atoms with E-state index in [1.807, 2.05) is 18.4 Å². The van der Waals surface area contributed by atoms with Gasteiger partial charge in [0.25, 0.3) is 5.78 Å². The van der Waals surface area contributed by atoms with Gasteiger partial charge in [0.2, 0.25) is 5.91 Å². The first-order valence-electron chi connectivity index (χ1n) is 8.90. The van der Waals surface area contributed by atoms with Crippen LogP contribution in [0, 0.1) is 5.92 Å². The summed E-state index contributed by atoms with van der Waals surface area (Å²) in [5.41, 5.74) is 2.44. The van der Waals surface area contributed by atoms with Gasteiger partial charge < -0.3 is 10.2 Å². The number of carbonyl (C=O) groups is 1. The van der Waals surface area contributed by atoms with Gasteiger partial charge in [0, 0.05) is 24.7 Å². The van der Waals surface area contributed by atoms with Crippen LogP contribution in [0.5, 0.6) is 0 Å². The summed E-state index contributed by atoms with van der Waals surface area (Å²) in [6.45, 7) is 5.71. The summed E-state index contributed by atoms with van der Waals surface area (Å²) < 4.78 is 1.85. The Bertz CT molecular complexity index is 768. The fraction of sp³-hybridized carbons (Fsp3) is 0.647. The van der Waals surface area contributed by atoms with Gasteiger partial charge in [-0.25, -0.2) is 4.98 Å². The summed E-state index contributed by atoms with van der Waals surface area (Å²) in [4.78, 5) is 23.7. The SMILES string of the molecule is CC(C)NC(=O)[C@@H]1CCCN(c2c3c(nc4ncnn24)CCC3)C1. The van der Waals surface area contributed by atoms with Gasteiger partial charge in [0.1, 0.15) is 12.1 Å². The number of anilines is 1. The zero-order valence-corrected chi connectivity index (χ0v) is 14.3. The first-order chi connectivity index (χ1) is 11.6. The van der Waals surface area contributed by atoms with Crippen LogP contribution in [-0.4, -0.2) is 44.6 Å². The second-order valence-corrected chi connectivity index (χ2v) is 7.13. The van der Waals surface area contributed by atoms with Crippen molar-refractivity contribution in [2.24, 2.45) is 5.92 Å². The number of piperidine rings is 1. The van der Waals surface area contributed by atoms with Gasteiger partial charge >= 0.3 is 0 Å². The fourth-order valence-corrected chi connectivity index (χ4v) is 3.91. The van der Waals surface area contributed by atoms with Crippen molar-refractivity contribution in [3.05, 3.63) is 17.6 Å². The van der Waals surface area contributed by atoms with Crippen molar-refractivity contribution >= 4 is 17.5 Å². The molecule has 2 aliphatic rings. The van der Waals surface area contributed by atoms with Crippen molar-refractivity contribution in [3.63, 3.8) is 0 Å². The van der Waals surface area contributed by atoms with E-state index in [1.54, 1.807) is 6.33 Å². The van der Waals surface area contributed by atoms with E-state index >= 15 is 0 Å². The molecule has 7 heteroatoms. The first-order valence-corrected chi connectivity index (χ1v) is 8.90. The third kappa shape index (κ3) is 2.61. The van der Waals surface area contributed by atoms with E-state index in [-0.39, 0.29) is 17.9 Å². The van der Waals surface area contributed by atoms with E-state index in [0.717, 1.165) is 56.7 Å². The molecule has 1 saturated heterocycles. The average molecular weight is 328 g/mol. The Morgan fingerprint density at radius 1 is 1.33 bits per heavy atom.